The van der Waals surface area contributed by atoms with Crippen LogP contribution in [-0.4, -0.2) is 24.1 Å². The van der Waals surface area contributed by atoms with Crippen molar-refractivity contribution in [2.24, 2.45) is 0 Å². The molecule has 100 valence electrons. The summed E-state index contributed by atoms with van der Waals surface area (Å²) in [5.74, 6) is -0.241. The number of aromatic nitrogens is 1. The molecule has 5 heteroatoms. The van der Waals surface area contributed by atoms with Crippen LogP contribution in [0.2, 0.25) is 0 Å². The highest BCUT2D eigenvalue weighted by molar-refractivity contribution is 7.09. The maximum atomic E-state index is 11.9. The number of nitrogens with one attached hydrogen (secondary N) is 1. The Morgan fingerprint density at radius 1 is 1.50 bits per heavy atom. The Labute approximate surface area is 112 Å². The van der Waals surface area contributed by atoms with Crippen molar-refractivity contribution in [3.8, 4) is 0 Å². The van der Waals surface area contributed by atoms with E-state index in [4.69, 9.17) is 4.74 Å². The van der Waals surface area contributed by atoms with Crippen LogP contribution in [0.3, 0.4) is 0 Å². The van der Waals surface area contributed by atoms with Gasteiger partial charge in [0.1, 0.15) is 5.01 Å². The molecule has 1 heterocycles. The lowest BCUT2D eigenvalue weighted by Crippen LogP contribution is -2.38. The van der Waals surface area contributed by atoms with Gasteiger partial charge in [0.05, 0.1) is 7.11 Å². The SMILES string of the molecule is COC(=O)C(NC1CCCCC1)c1nc(C)cs1. The van der Waals surface area contributed by atoms with Crippen LogP contribution in [0.4, 0.5) is 0 Å². The summed E-state index contributed by atoms with van der Waals surface area (Å²) in [6, 6.07) is 0.00357. The van der Waals surface area contributed by atoms with Gasteiger partial charge in [-0.05, 0) is 19.8 Å². The molecule has 0 amide bonds. The predicted molar refractivity (Wildman–Crippen MR) is 71.6 cm³/mol. The van der Waals surface area contributed by atoms with Gasteiger partial charge in [-0.15, -0.1) is 11.3 Å². The highest BCUT2D eigenvalue weighted by Crippen LogP contribution is 2.24. The molecule has 0 saturated heterocycles. The van der Waals surface area contributed by atoms with Crippen molar-refractivity contribution < 1.29 is 9.53 Å². The first-order chi connectivity index (χ1) is 8.70. The molecule has 0 radical (unpaired) electrons. The minimum atomic E-state index is -0.406. The minimum absolute atomic E-state index is 0.241. The van der Waals surface area contributed by atoms with Gasteiger partial charge in [0.15, 0.2) is 6.04 Å². The average molecular weight is 268 g/mol. The number of carbonyl (C=O) groups is 1. The Bertz CT molecular complexity index is 399. The zero-order valence-corrected chi connectivity index (χ0v) is 11.8. The van der Waals surface area contributed by atoms with E-state index in [9.17, 15) is 4.79 Å². The topological polar surface area (TPSA) is 51.2 Å². The number of rotatable bonds is 4. The molecular weight excluding hydrogens is 248 g/mol. The number of hydrogen-bond acceptors (Lipinski definition) is 5. The fourth-order valence-corrected chi connectivity index (χ4v) is 3.21. The zero-order chi connectivity index (χ0) is 13.0. The third-order valence-corrected chi connectivity index (χ3v) is 4.36. The van der Waals surface area contributed by atoms with Gasteiger partial charge in [-0.2, -0.15) is 0 Å². The van der Waals surface area contributed by atoms with E-state index < -0.39 is 6.04 Å². The van der Waals surface area contributed by atoms with Gasteiger partial charge in [-0.1, -0.05) is 19.3 Å². The molecule has 1 unspecified atom stereocenters. The summed E-state index contributed by atoms with van der Waals surface area (Å²) in [6.45, 7) is 1.94. The van der Waals surface area contributed by atoms with Gasteiger partial charge in [0.25, 0.3) is 0 Å². The molecule has 18 heavy (non-hydrogen) atoms. The van der Waals surface area contributed by atoms with Crippen molar-refractivity contribution in [2.45, 2.75) is 51.1 Å². The fourth-order valence-electron chi connectivity index (χ4n) is 2.37. The first-order valence-corrected chi connectivity index (χ1v) is 7.34. The summed E-state index contributed by atoms with van der Waals surface area (Å²) < 4.78 is 4.88. The van der Waals surface area contributed by atoms with Gasteiger partial charge in [-0.3, -0.25) is 5.32 Å². The number of methoxy groups -OCH3 is 1. The third kappa shape index (κ3) is 3.29. The molecule has 1 N–H and O–H groups in total. The second-order valence-corrected chi connectivity index (χ2v) is 5.67. The maximum Gasteiger partial charge on any atom is 0.330 e. The number of aryl methyl sites for hydroxylation is 1. The van der Waals surface area contributed by atoms with E-state index in [0.717, 1.165) is 23.5 Å². The monoisotopic (exact) mass is 268 g/mol. The van der Waals surface area contributed by atoms with Crippen LogP contribution < -0.4 is 5.32 Å². The second-order valence-electron chi connectivity index (χ2n) is 4.78. The lowest BCUT2D eigenvalue weighted by Gasteiger charge is -2.26. The van der Waals surface area contributed by atoms with Gasteiger partial charge in [0.2, 0.25) is 0 Å². The van der Waals surface area contributed by atoms with Crippen LogP contribution in [0, 0.1) is 6.92 Å². The van der Waals surface area contributed by atoms with Crippen LogP contribution in [0.1, 0.15) is 48.8 Å². The number of carbonyl (C=O) groups excluding carboxylic acids is 1. The Hall–Kier alpha value is -0.940. The number of ether oxygens (including phenoxy) is 1. The third-order valence-electron chi connectivity index (χ3n) is 3.33. The van der Waals surface area contributed by atoms with E-state index in [0.29, 0.717) is 6.04 Å². The largest absolute Gasteiger partial charge is 0.468 e. The van der Waals surface area contributed by atoms with E-state index in [1.165, 1.54) is 37.7 Å². The standard InChI is InChI=1S/C13H20N2O2S/c1-9-8-18-12(14-9)11(13(16)17-2)15-10-6-4-3-5-7-10/h8,10-11,15H,3-7H2,1-2H3. The molecule has 1 aromatic heterocycles. The van der Waals surface area contributed by atoms with E-state index in [-0.39, 0.29) is 5.97 Å². The summed E-state index contributed by atoms with van der Waals surface area (Å²) in [4.78, 5) is 16.3. The van der Waals surface area contributed by atoms with E-state index in [1.807, 2.05) is 12.3 Å². The van der Waals surface area contributed by atoms with Crippen molar-refractivity contribution in [1.82, 2.24) is 10.3 Å². The lowest BCUT2D eigenvalue weighted by molar-refractivity contribution is -0.143. The molecule has 0 aliphatic heterocycles. The minimum Gasteiger partial charge on any atom is -0.468 e. The molecule has 0 bridgehead atoms. The molecule has 1 aliphatic carbocycles. The highest BCUT2D eigenvalue weighted by atomic mass is 32.1. The van der Waals surface area contributed by atoms with Crippen LogP contribution in [0.5, 0.6) is 0 Å². The first-order valence-electron chi connectivity index (χ1n) is 6.46. The molecular formula is C13H20N2O2S. The predicted octanol–water partition coefficient (Wildman–Crippen LogP) is 2.59. The van der Waals surface area contributed by atoms with Crippen molar-refractivity contribution in [1.29, 1.82) is 0 Å². The van der Waals surface area contributed by atoms with Crippen LogP contribution in [-0.2, 0) is 9.53 Å². The Kier molecular flexibility index (Phi) is 4.72. The number of hydrogen-bond donors (Lipinski definition) is 1. The van der Waals surface area contributed by atoms with Crippen molar-refractivity contribution in [3.05, 3.63) is 16.1 Å². The van der Waals surface area contributed by atoms with E-state index >= 15 is 0 Å². The van der Waals surface area contributed by atoms with E-state index in [1.54, 1.807) is 0 Å². The summed E-state index contributed by atoms with van der Waals surface area (Å²) in [7, 11) is 1.43. The lowest BCUT2D eigenvalue weighted by atomic mass is 9.95. The van der Waals surface area contributed by atoms with Crippen molar-refractivity contribution in [3.63, 3.8) is 0 Å². The molecule has 0 aromatic carbocycles. The molecule has 4 nitrogen and oxygen atoms in total. The van der Waals surface area contributed by atoms with Crippen molar-refractivity contribution in [2.75, 3.05) is 7.11 Å². The highest BCUT2D eigenvalue weighted by Gasteiger charge is 2.27. The molecule has 0 spiro atoms. The number of esters is 1. The van der Waals surface area contributed by atoms with Gasteiger partial charge in [0, 0.05) is 17.1 Å². The smallest absolute Gasteiger partial charge is 0.330 e. The fraction of sp³-hybridized carbons (Fsp3) is 0.692. The van der Waals surface area contributed by atoms with Crippen LogP contribution >= 0.6 is 11.3 Å². The van der Waals surface area contributed by atoms with Gasteiger partial charge >= 0.3 is 5.97 Å². The molecule has 2 rings (SSSR count). The summed E-state index contributed by atoms with van der Waals surface area (Å²) in [5.41, 5.74) is 0.953. The molecule has 1 aliphatic rings. The Morgan fingerprint density at radius 2 is 2.22 bits per heavy atom. The molecule has 1 fully saturated rings. The molecule has 1 atom stereocenters. The summed E-state index contributed by atoms with van der Waals surface area (Å²) in [5, 5.41) is 6.19. The first kappa shape index (κ1) is 13.5. The maximum absolute atomic E-state index is 11.9. The zero-order valence-electron chi connectivity index (χ0n) is 10.9. The summed E-state index contributed by atoms with van der Waals surface area (Å²) >= 11 is 1.52. The van der Waals surface area contributed by atoms with Gasteiger partial charge in [-0.25, -0.2) is 9.78 Å². The second kappa shape index (κ2) is 6.29. The number of thiazole rings is 1. The van der Waals surface area contributed by atoms with E-state index in [2.05, 4.69) is 10.3 Å². The normalized spacial score (nSPS) is 18.6. The molecule has 1 saturated carbocycles. The summed E-state index contributed by atoms with van der Waals surface area (Å²) in [6.07, 6.45) is 6.05. The molecule has 1 aromatic rings. The quantitative estimate of drug-likeness (QED) is 0.853. The van der Waals surface area contributed by atoms with Crippen LogP contribution in [0.25, 0.3) is 0 Å². The Morgan fingerprint density at radius 3 is 2.78 bits per heavy atom. The number of nitrogens with zero attached hydrogens (tertiary/aromatic N) is 1. The van der Waals surface area contributed by atoms with Crippen molar-refractivity contribution >= 4 is 17.3 Å². The average Bonchev–Trinajstić information content (AvgIpc) is 2.83. The Balaban J connectivity index is 2.07. The van der Waals surface area contributed by atoms with Gasteiger partial charge < -0.3 is 4.74 Å². The van der Waals surface area contributed by atoms with Crippen LogP contribution in [0.15, 0.2) is 5.38 Å².